The molecule has 5 rings (SSSR count). The van der Waals surface area contributed by atoms with Crippen LogP contribution in [0, 0.1) is 5.92 Å². The Balaban J connectivity index is 1.26. The summed E-state index contributed by atoms with van der Waals surface area (Å²) < 4.78 is 52.0. The second-order valence-corrected chi connectivity index (χ2v) is 8.29. The number of rotatable bonds is 6. The lowest BCUT2D eigenvalue weighted by Crippen LogP contribution is -2.27. The Hall–Kier alpha value is -3.83. The van der Waals surface area contributed by atoms with E-state index in [1.807, 2.05) is 0 Å². The van der Waals surface area contributed by atoms with Crippen LogP contribution in [0.15, 0.2) is 46.2 Å². The third-order valence-electron chi connectivity index (χ3n) is 5.94. The van der Waals surface area contributed by atoms with Crippen LogP contribution < -0.4 is 10.1 Å². The molecule has 1 fully saturated rings. The molecular formula is C22H20F3N5O4. The zero-order valence-corrected chi connectivity index (χ0v) is 17.7. The molecule has 12 heteroatoms. The van der Waals surface area contributed by atoms with E-state index in [1.54, 1.807) is 18.2 Å². The van der Waals surface area contributed by atoms with Gasteiger partial charge in [-0.05, 0) is 37.8 Å². The Morgan fingerprint density at radius 2 is 1.97 bits per heavy atom. The van der Waals surface area contributed by atoms with Gasteiger partial charge in [0.05, 0.1) is 29.1 Å². The number of aromatic nitrogens is 4. The van der Waals surface area contributed by atoms with E-state index in [1.165, 1.54) is 0 Å². The van der Waals surface area contributed by atoms with Gasteiger partial charge in [-0.2, -0.15) is 0 Å². The number of halogens is 3. The fourth-order valence-corrected chi connectivity index (χ4v) is 4.10. The first-order chi connectivity index (χ1) is 16.4. The van der Waals surface area contributed by atoms with E-state index in [2.05, 4.69) is 25.5 Å². The molecule has 1 unspecified atom stereocenters. The zero-order valence-electron chi connectivity index (χ0n) is 17.7. The molecule has 1 saturated carbocycles. The van der Waals surface area contributed by atoms with Crippen LogP contribution >= 0.6 is 0 Å². The van der Waals surface area contributed by atoms with Crippen molar-refractivity contribution >= 4 is 23.0 Å². The number of nitrogens with zero attached hydrogens (tertiary/aromatic N) is 3. The number of aromatic amines is 1. The molecule has 2 aliphatic rings. The maximum absolute atomic E-state index is 13.9. The Kier molecular flexibility index (Phi) is 5.72. The average Bonchev–Trinajstić information content (AvgIpc) is 3.44. The van der Waals surface area contributed by atoms with E-state index in [0.29, 0.717) is 48.5 Å². The predicted molar refractivity (Wildman–Crippen MR) is 114 cm³/mol. The summed E-state index contributed by atoms with van der Waals surface area (Å²) >= 11 is 0. The summed E-state index contributed by atoms with van der Waals surface area (Å²) in [7, 11) is 0. The van der Waals surface area contributed by atoms with Crippen molar-refractivity contribution < 1.29 is 32.2 Å². The second-order valence-electron chi connectivity index (χ2n) is 8.29. The number of H-pyrrole nitrogens is 1. The fraction of sp³-hybridized carbons (Fsp3) is 0.364. The Labute approximate surface area is 190 Å². The highest BCUT2D eigenvalue weighted by atomic mass is 19.2. The van der Waals surface area contributed by atoms with Crippen molar-refractivity contribution in [2.45, 2.75) is 44.2 Å². The summed E-state index contributed by atoms with van der Waals surface area (Å²) in [6.45, 7) is 0. The minimum atomic E-state index is -1.24. The molecule has 0 radical (unpaired) electrons. The van der Waals surface area contributed by atoms with Gasteiger partial charge < -0.3 is 24.6 Å². The van der Waals surface area contributed by atoms with Gasteiger partial charge in [-0.25, -0.2) is 18.2 Å². The van der Waals surface area contributed by atoms with Crippen molar-refractivity contribution in [3.05, 3.63) is 41.8 Å². The molecule has 178 valence electrons. The first kappa shape index (κ1) is 22.0. The van der Waals surface area contributed by atoms with Crippen molar-refractivity contribution in [3.8, 4) is 17.5 Å². The molecule has 3 N–H and O–H groups in total. The summed E-state index contributed by atoms with van der Waals surface area (Å²) in [6.07, 6.45) is 2.42. The third kappa shape index (κ3) is 4.47. The Bertz CT molecular complexity index is 1290. The average molecular weight is 475 g/mol. The molecule has 9 nitrogen and oxygen atoms in total. The predicted octanol–water partition coefficient (Wildman–Crippen LogP) is 4.82. The smallest absolute Gasteiger partial charge is 0.316 e. The third-order valence-corrected chi connectivity index (χ3v) is 5.94. The van der Waals surface area contributed by atoms with Gasteiger partial charge in [0.2, 0.25) is 0 Å². The number of fused-ring (bicyclic) bond motifs is 1. The Morgan fingerprint density at radius 1 is 1.18 bits per heavy atom. The molecule has 0 amide bonds. The highest BCUT2D eigenvalue weighted by Gasteiger charge is 2.28. The van der Waals surface area contributed by atoms with E-state index in [9.17, 15) is 18.0 Å². The number of hydrogen-bond donors (Lipinski definition) is 3. The molecule has 0 aliphatic heterocycles. The van der Waals surface area contributed by atoms with E-state index < -0.39 is 35.9 Å². The lowest BCUT2D eigenvalue weighted by Gasteiger charge is -2.26. The van der Waals surface area contributed by atoms with E-state index in [-0.39, 0.29) is 29.8 Å². The van der Waals surface area contributed by atoms with Crippen LogP contribution in [0.5, 0.6) is 5.75 Å². The van der Waals surface area contributed by atoms with Gasteiger partial charge in [0.25, 0.3) is 5.89 Å². The van der Waals surface area contributed by atoms with Crippen LogP contribution in [0.1, 0.15) is 32.1 Å². The number of allylic oxidation sites excluding steroid dienone is 2. The van der Waals surface area contributed by atoms with Gasteiger partial charge in [0, 0.05) is 18.6 Å². The standard InChI is InChI=1S/C22H20F3N5O4/c23-13-8-15(25)17(9-14(13)24)28-22-30-29-20(34-22)19-26-16-6-5-12(7-18(16)27-19)33-11-3-1-10(2-4-11)21(31)32/h5-8,10-11,17H,1-4,9H2,(H,26,27)(H,28,30)(H,31,32). The first-order valence-corrected chi connectivity index (χ1v) is 10.8. The maximum Gasteiger partial charge on any atom is 0.316 e. The first-order valence-electron chi connectivity index (χ1n) is 10.8. The van der Waals surface area contributed by atoms with Crippen LogP contribution in [-0.4, -0.2) is 43.4 Å². The van der Waals surface area contributed by atoms with Gasteiger partial charge in [0.15, 0.2) is 11.7 Å². The Morgan fingerprint density at radius 3 is 2.74 bits per heavy atom. The van der Waals surface area contributed by atoms with Crippen LogP contribution in [-0.2, 0) is 4.79 Å². The normalized spacial score (nSPS) is 23.1. The molecule has 0 saturated heterocycles. The van der Waals surface area contributed by atoms with Gasteiger partial charge in [0.1, 0.15) is 17.4 Å². The molecule has 1 atom stereocenters. The van der Waals surface area contributed by atoms with Gasteiger partial charge in [-0.3, -0.25) is 4.79 Å². The number of nitrogens with one attached hydrogen (secondary N) is 2. The van der Waals surface area contributed by atoms with E-state index >= 15 is 0 Å². The number of aliphatic carboxylic acids is 1. The number of anilines is 1. The van der Waals surface area contributed by atoms with Crippen molar-refractivity contribution in [1.82, 2.24) is 20.2 Å². The van der Waals surface area contributed by atoms with Crippen molar-refractivity contribution in [2.24, 2.45) is 5.92 Å². The number of ether oxygens (including phenoxy) is 1. The molecule has 2 aromatic heterocycles. The fourth-order valence-electron chi connectivity index (χ4n) is 4.10. The van der Waals surface area contributed by atoms with Gasteiger partial charge in [-0.1, -0.05) is 5.10 Å². The molecule has 1 aromatic carbocycles. The summed E-state index contributed by atoms with van der Waals surface area (Å²) in [5.41, 5.74) is 1.27. The van der Waals surface area contributed by atoms with Crippen molar-refractivity contribution in [2.75, 3.05) is 5.32 Å². The second kappa shape index (κ2) is 8.84. The number of carbonyl (C=O) groups is 1. The van der Waals surface area contributed by atoms with E-state index in [0.717, 1.165) is 0 Å². The zero-order chi connectivity index (χ0) is 23.8. The van der Waals surface area contributed by atoms with Crippen molar-refractivity contribution in [3.63, 3.8) is 0 Å². The van der Waals surface area contributed by atoms with Crippen LogP contribution in [0.3, 0.4) is 0 Å². The van der Waals surface area contributed by atoms with E-state index in [4.69, 9.17) is 14.3 Å². The van der Waals surface area contributed by atoms with Crippen molar-refractivity contribution in [1.29, 1.82) is 0 Å². The lowest BCUT2D eigenvalue weighted by molar-refractivity contribution is -0.143. The van der Waals surface area contributed by atoms with Crippen LogP contribution in [0.25, 0.3) is 22.7 Å². The quantitative estimate of drug-likeness (QED) is 0.463. The SMILES string of the molecule is O=C(O)C1CCC(Oc2ccc3nc(-c4nnc(NC5CC(F)=C(F)C=C5F)o4)[nH]c3c2)CC1. The highest BCUT2D eigenvalue weighted by Crippen LogP contribution is 2.31. The summed E-state index contributed by atoms with van der Waals surface area (Å²) in [5.74, 6) is -3.34. The molecule has 0 bridgehead atoms. The molecular weight excluding hydrogens is 455 g/mol. The number of hydrogen-bond acceptors (Lipinski definition) is 7. The summed E-state index contributed by atoms with van der Waals surface area (Å²) in [6, 6.07) is 3.98. The maximum atomic E-state index is 13.9. The number of imidazole rings is 1. The number of carboxylic acids is 1. The van der Waals surface area contributed by atoms with Crippen LogP contribution in [0.4, 0.5) is 19.2 Å². The molecule has 3 aromatic rings. The van der Waals surface area contributed by atoms with Gasteiger partial charge >= 0.3 is 12.0 Å². The molecule has 34 heavy (non-hydrogen) atoms. The summed E-state index contributed by atoms with van der Waals surface area (Å²) in [4.78, 5) is 18.6. The molecule has 0 spiro atoms. The molecule has 2 heterocycles. The topological polar surface area (TPSA) is 126 Å². The monoisotopic (exact) mass is 475 g/mol. The highest BCUT2D eigenvalue weighted by molar-refractivity contribution is 5.79. The van der Waals surface area contributed by atoms with Crippen LogP contribution in [0.2, 0.25) is 0 Å². The number of benzene rings is 1. The minimum Gasteiger partial charge on any atom is -0.490 e. The largest absolute Gasteiger partial charge is 0.490 e. The summed E-state index contributed by atoms with van der Waals surface area (Å²) in [5, 5.41) is 19.3. The number of carboxylic acid groups (broad SMARTS) is 1. The minimum absolute atomic E-state index is 0.0237. The van der Waals surface area contributed by atoms with Gasteiger partial charge in [-0.15, -0.1) is 5.10 Å². The lowest BCUT2D eigenvalue weighted by atomic mass is 9.87. The molecule has 2 aliphatic carbocycles.